The Morgan fingerprint density at radius 2 is 1.85 bits per heavy atom. The van der Waals surface area contributed by atoms with Crippen molar-refractivity contribution in [3.8, 4) is 0 Å². The molecular weight excluding hydrogens is 274 g/mol. The van der Waals surface area contributed by atoms with Crippen LogP contribution in [0.4, 0.5) is 5.69 Å². The molecule has 114 valence electrons. The van der Waals surface area contributed by atoms with Crippen molar-refractivity contribution in [1.29, 1.82) is 0 Å². The lowest BCUT2D eigenvalue weighted by molar-refractivity contribution is 0.457. The molecule has 1 aromatic rings. The monoisotopic (exact) mass is 299 g/mol. The third-order valence-corrected chi connectivity index (χ3v) is 5.19. The van der Waals surface area contributed by atoms with E-state index in [0.717, 1.165) is 29.8 Å². The third-order valence-electron chi connectivity index (χ3n) is 3.33. The van der Waals surface area contributed by atoms with Crippen LogP contribution in [0.5, 0.6) is 0 Å². The third kappa shape index (κ3) is 3.94. The molecule has 0 spiro atoms. The van der Waals surface area contributed by atoms with Gasteiger partial charge in [-0.2, -0.15) is 12.7 Å². The topological polar surface area (TPSA) is 52.7 Å². The molecule has 0 radical (unpaired) electrons. The van der Waals surface area contributed by atoms with Gasteiger partial charge in [-0.15, -0.1) is 0 Å². The minimum Gasteiger partial charge on any atom is -0.320 e. The first-order valence-corrected chi connectivity index (χ1v) is 8.12. The van der Waals surface area contributed by atoms with Crippen molar-refractivity contribution >= 4 is 15.9 Å². The zero-order valence-electron chi connectivity index (χ0n) is 13.0. The van der Waals surface area contributed by atoms with Crippen LogP contribution in [-0.2, 0) is 10.2 Å². The van der Waals surface area contributed by atoms with Crippen LogP contribution in [-0.4, -0.2) is 47.0 Å². The molecule has 0 aliphatic heterocycles. The maximum absolute atomic E-state index is 12.5. The van der Waals surface area contributed by atoms with E-state index in [4.69, 9.17) is 0 Å². The van der Waals surface area contributed by atoms with Gasteiger partial charge < -0.3 is 5.32 Å². The largest absolute Gasteiger partial charge is 0.320 e. The molecule has 0 saturated carbocycles. The molecule has 5 nitrogen and oxygen atoms in total. The molecule has 0 saturated heterocycles. The zero-order chi connectivity index (χ0) is 15.3. The standard InChI is InChI=1S/C14H25N3O2S/c1-12-7-8-14(13(2)11-12)17(5)20(18,19)16(4)10-6-9-15-3/h7-8,11,15H,6,9-10H2,1-5H3. The summed E-state index contributed by atoms with van der Waals surface area (Å²) in [5.74, 6) is 0. The summed E-state index contributed by atoms with van der Waals surface area (Å²) in [6.07, 6.45) is 0.785. The number of hydrogen-bond acceptors (Lipinski definition) is 3. The van der Waals surface area contributed by atoms with Crippen LogP contribution in [0.15, 0.2) is 18.2 Å². The highest BCUT2D eigenvalue weighted by molar-refractivity contribution is 7.90. The molecule has 0 bridgehead atoms. The van der Waals surface area contributed by atoms with E-state index in [1.165, 1.54) is 8.61 Å². The Morgan fingerprint density at radius 1 is 1.20 bits per heavy atom. The summed E-state index contributed by atoms with van der Waals surface area (Å²) in [5.41, 5.74) is 2.80. The van der Waals surface area contributed by atoms with Crippen LogP contribution in [0.3, 0.4) is 0 Å². The highest BCUT2D eigenvalue weighted by Gasteiger charge is 2.24. The number of nitrogens with zero attached hydrogens (tertiary/aromatic N) is 2. The van der Waals surface area contributed by atoms with Gasteiger partial charge in [-0.1, -0.05) is 17.7 Å². The lowest BCUT2D eigenvalue weighted by atomic mass is 10.1. The highest BCUT2D eigenvalue weighted by Crippen LogP contribution is 2.23. The first-order valence-electron chi connectivity index (χ1n) is 6.72. The van der Waals surface area contributed by atoms with Crippen molar-refractivity contribution in [3.63, 3.8) is 0 Å². The van der Waals surface area contributed by atoms with Gasteiger partial charge in [-0.3, -0.25) is 4.31 Å². The second-order valence-electron chi connectivity index (χ2n) is 5.04. The second kappa shape index (κ2) is 7.06. The highest BCUT2D eigenvalue weighted by atomic mass is 32.2. The average Bonchev–Trinajstić information content (AvgIpc) is 2.38. The molecule has 1 N–H and O–H groups in total. The minimum absolute atomic E-state index is 0.498. The van der Waals surface area contributed by atoms with Gasteiger partial charge in [-0.25, -0.2) is 0 Å². The summed E-state index contributed by atoms with van der Waals surface area (Å²) in [6.45, 7) is 5.22. The molecular formula is C14H25N3O2S. The quantitative estimate of drug-likeness (QED) is 0.777. The molecule has 0 heterocycles. The number of anilines is 1. The van der Waals surface area contributed by atoms with E-state index >= 15 is 0 Å². The predicted molar refractivity (Wildman–Crippen MR) is 84.4 cm³/mol. The number of hydrogen-bond donors (Lipinski definition) is 1. The fourth-order valence-corrected chi connectivity index (χ4v) is 3.32. The van der Waals surface area contributed by atoms with Crippen LogP contribution in [0.1, 0.15) is 17.5 Å². The van der Waals surface area contributed by atoms with Crippen LogP contribution in [0, 0.1) is 13.8 Å². The molecule has 1 aromatic carbocycles. The van der Waals surface area contributed by atoms with Gasteiger partial charge >= 0.3 is 10.2 Å². The van der Waals surface area contributed by atoms with Crippen LogP contribution < -0.4 is 9.62 Å². The summed E-state index contributed by atoms with van der Waals surface area (Å²) in [6, 6.07) is 5.77. The Kier molecular flexibility index (Phi) is 5.98. The van der Waals surface area contributed by atoms with Crippen molar-refractivity contribution in [2.45, 2.75) is 20.3 Å². The summed E-state index contributed by atoms with van der Waals surface area (Å²) in [7, 11) is 1.60. The van der Waals surface area contributed by atoms with E-state index in [9.17, 15) is 8.42 Å². The smallest absolute Gasteiger partial charge is 0.303 e. The molecule has 20 heavy (non-hydrogen) atoms. The summed E-state index contributed by atoms with van der Waals surface area (Å²) in [4.78, 5) is 0. The second-order valence-corrected chi connectivity index (χ2v) is 7.11. The van der Waals surface area contributed by atoms with Crippen molar-refractivity contribution in [3.05, 3.63) is 29.3 Å². The minimum atomic E-state index is -3.47. The maximum Gasteiger partial charge on any atom is 0.303 e. The average molecular weight is 299 g/mol. The molecule has 0 aromatic heterocycles. The predicted octanol–water partition coefficient (Wildman–Crippen LogP) is 1.53. The van der Waals surface area contributed by atoms with Gasteiger partial charge in [0, 0.05) is 20.6 Å². The fraction of sp³-hybridized carbons (Fsp3) is 0.571. The van der Waals surface area contributed by atoms with Gasteiger partial charge in [0.2, 0.25) is 0 Å². The van der Waals surface area contributed by atoms with E-state index in [0.29, 0.717) is 6.54 Å². The molecule has 0 amide bonds. The molecule has 0 unspecified atom stereocenters. The Balaban J connectivity index is 2.90. The van der Waals surface area contributed by atoms with Gasteiger partial charge in [0.1, 0.15) is 0 Å². The van der Waals surface area contributed by atoms with Gasteiger partial charge in [0.05, 0.1) is 5.69 Å². The van der Waals surface area contributed by atoms with Gasteiger partial charge in [0.25, 0.3) is 0 Å². The molecule has 0 aliphatic rings. The molecule has 1 rings (SSSR count). The molecule has 0 fully saturated rings. The Morgan fingerprint density at radius 3 is 2.40 bits per heavy atom. The Bertz CT molecular complexity index is 543. The summed E-state index contributed by atoms with van der Waals surface area (Å²) in [5, 5.41) is 3.02. The summed E-state index contributed by atoms with van der Waals surface area (Å²) < 4.78 is 27.7. The van der Waals surface area contributed by atoms with E-state index < -0.39 is 10.2 Å². The van der Waals surface area contributed by atoms with Crippen LogP contribution >= 0.6 is 0 Å². The van der Waals surface area contributed by atoms with Gasteiger partial charge in [0.15, 0.2) is 0 Å². The van der Waals surface area contributed by atoms with Crippen molar-refractivity contribution in [1.82, 2.24) is 9.62 Å². The molecule has 0 atom stereocenters. The van der Waals surface area contributed by atoms with Crippen molar-refractivity contribution in [2.24, 2.45) is 0 Å². The fourth-order valence-electron chi connectivity index (χ4n) is 2.09. The summed E-state index contributed by atoms with van der Waals surface area (Å²) >= 11 is 0. The Labute approximate surface area is 122 Å². The van der Waals surface area contributed by atoms with Crippen LogP contribution in [0.25, 0.3) is 0 Å². The number of benzene rings is 1. The lowest BCUT2D eigenvalue weighted by Gasteiger charge is -2.27. The van der Waals surface area contributed by atoms with Crippen LogP contribution in [0.2, 0.25) is 0 Å². The van der Waals surface area contributed by atoms with E-state index in [1.807, 2.05) is 39.1 Å². The van der Waals surface area contributed by atoms with Crippen molar-refractivity contribution < 1.29 is 8.42 Å². The first-order chi connectivity index (χ1) is 9.30. The SMILES string of the molecule is CNCCCN(C)S(=O)(=O)N(C)c1ccc(C)cc1C. The van der Waals surface area contributed by atoms with E-state index in [-0.39, 0.29) is 0 Å². The first kappa shape index (κ1) is 16.9. The maximum atomic E-state index is 12.5. The van der Waals surface area contributed by atoms with E-state index in [2.05, 4.69) is 5.32 Å². The van der Waals surface area contributed by atoms with Gasteiger partial charge in [-0.05, 0) is 45.5 Å². The normalized spacial score (nSPS) is 11.9. The number of aryl methyl sites for hydroxylation is 2. The molecule has 0 aliphatic carbocycles. The number of rotatable bonds is 7. The Hall–Kier alpha value is -1.11. The lowest BCUT2D eigenvalue weighted by Crippen LogP contribution is -2.41. The number of nitrogens with one attached hydrogen (secondary N) is 1. The van der Waals surface area contributed by atoms with E-state index in [1.54, 1.807) is 14.1 Å². The molecule has 6 heteroatoms. The van der Waals surface area contributed by atoms with Crippen molar-refractivity contribution in [2.75, 3.05) is 38.5 Å². The zero-order valence-corrected chi connectivity index (χ0v) is 13.8.